The van der Waals surface area contributed by atoms with Crippen molar-refractivity contribution in [2.75, 3.05) is 20.2 Å². The van der Waals surface area contributed by atoms with Crippen LogP contribution >= 0.6 is 0 Å². The number of likely N-dealkylation sites (N-methyl/N-ethyl adjacent to an activating group) is 1. The molecule has 3 nitrogen and oxygen atoms in total. The number of benzene rings is 1. The maximum Gasteiger partial charge on any atom is 0.151 e. The summed E-state index contributed by atoms with van der Waals surface area (Å²) in [4.78, 5) is 13.6. The second-order valence-electron chi connectivity index (χ2n) is 5.13. The van der Waals surface area contributed by atoms with Crippen LogP contribution in [-0.2, 0) is 11.2 Å². The second kappa shape index (κ2) is 6.07. The molecule has 0 spiro atoms. The molecule has 0 aliphatic carbocycles. The normalized spacial score (nSPS) is 11.9. The Balaban J connectivity index is 2.60. The fourth-order valence-corrected chi connectivity index (χ4v) is 1.51. The predicted molar refractivity (Wildman–Crippen MR) is 68.9 cm³/mol. The van der Waals surface area contributed by atoms with Crippen molar-refractivity contribution >= 4 is 5.78 Å². The highest BCUT2D eigenvalue weighted by Gasteiger charge is 2.24. The number of halogens is 1. The second-order valence-corrected chi connectivity index (χ2v) is 5.13. The van der Waals surface area contributed by atoms with Crippen LogP contribution in [0.15, 0.2) is 24.3 Å². The van der Waals surface area contributed by atoms with Gasteiger partial charge in [-0.1, -0.05) is 18.2 Å². The molecule has 18 heavy (non-hydrogen) atoms. The van der Waals surface area contributed by atoms with Gasteiger partial charge in [0.15, 0.2) is 5.78 Å². The van der Waals surface area contributed by atoms with Crippen molar-refractivity contribution in [3.63, 3.8) is 0 Å². The molecule has 4 heteroatoms. The Kier molecular flexibility index (Phi) is 4.99. The van der Waals surface area contributed by atoms with Gasteiger partial charge in [0.05, 0.1) is 13.2 Å². The molecule has 0 aliphatic rings. The Bertz CT molecular complexity index is 418. The molecule has 1 rings (SSSR count). The van der Waals surface area contributed by atoms with Gasteiger partial charge in [0.2, 0.25) is 0 Å². The van der Waals surface area contributed by atoms with Crippen LogP contribution in [-0.4, -0.2) is 41.5 Å². The molecule has 0 radical (unpaired) electrons. The van der Waals surface area contributed by atoms with Crippen molar-refractivity contribution in [3.8, 4) is 0 Å². The number of ketones is 1. The van der Waals surface area contributed by atoms with Crippen molar-refractivity contribution in [2.24, 2.45) is 0 Å². The van der Waals surface area contributed by atoms with Gasteiger partial charge in [0.1, 0.15) is 5.82 Å². The fourth-order valence-electron chi connectivity index (χ4n) is 1.51. The number of rotatable bonds is 6. The minimum atomic E-state index is -0.453. The van der Waals surface area contributed by atoms with Gasteiger partial charge in [-0.3, -0.25) is 9.69 Å². The molecule has 0 unspecified atom stereocenters. The van der Waals surface area contributed by atoms with Crippen molar-refractivity contribution in [2.45, 2.75) is 25.8 Å². The average Bonchev–Trinajstić information content (AvgIpc) is 2.32. The molecule has 0 saturated heterocycles. The highest BCUT2D eigenvalue weighted by atomic mass is 19.1. The third-order valence-electron chi connectivity index (χ3n) is 3.18. The molecule has 0 heterocycles. The lowest BCUT2D eigenvalue weighted by Crippen LogP contribution is -2.46. The molecule has 0 saturated carbocycles. The molecular formula is C14H20FNO2. The summed E-state index contributed by atoms with van der Waals surface area (Å²) < 4.78 is 13.4. The quantitative estimate of drug-likeness (QED) is 0.838. The highest BCUT2D eigenvalue weighted by Crippen LogP contribution is 2.12. The van der Waals surface area contributed by atoms with Gasteiger partial charge in [-0.25, -0.2) is 4.39 Å². The monoisotopic (exact) mass is 253 g/mol. The molecule has 1 N–H and O–H groups in total. The summed E-state index contributed by atoms with van der Waals surface area (Å²) in [6.07, 6.45) is 0.0819. The zero-order chi connectivity index (χ0) is 13.8. The molecule has 1 aromatic rings. The van der Waals surface area contributed by atoms with E-state index in [4.69, 9.17) is 0 Å². The topological polar surface area (TPSA) is 40.5 Å². The predicted octanol–water partition coefficient (Wildman–Crippen LogP) is 1.64. The number of aliphatic hydroxyl groups is 1. The first-order valence-corrected chi connectivity index (χ1v) is 5.94. The van der Waals surface area contributed by atoms with E-state index in [1.54, 1.807) is 30.1 Å². The number of aliphatic hydroxyl groups excluding tert-OH is 1. The van der Waals surface area contributed by atoms with Gasteiger partial charge >= 0.3 is 0 Å². The van der Waals surface area contributed by atoms with Crippen LogP contribution < -0.4 is 0 Å². The summed E-state index contributed by atoms with van der Waals surface area (Å²) in [5, 5.41) is 9.20. The minimum Gasteiger partial charge on any atom is -0.394 e. The summed E-state index contributed by atoms with van der Waals surface area (Å²) in [5.41, 5.74) is -0.0389. The van der Waals surface area contributed by atoms with E-state index in [0.29, 0.717) is 5.56 Å². The fraction of sp³-hybridized carbons (Fsp3) is 0.500. The SMILES string of the molecule is CN(CC(=O)Cc1ccccc1F)C(C)(C)CO. The molecular weight excluding hydrogens is 233 g/mol. The Morgan fingerprint density at radius 3 is 2.56 bits per heavy atom. The van der Waals surface area contributed by atoms with Crippen molar-refractivity contribution in [1.29, 1.82) is 0 Å². The van der Waals surface area contributed by atoms with E-state index >= 15 is 0 Å². The van der Waals surface area contributed by atoms with Gasteiger partial charge in [-0.05, 0) is 32.5 Å². The van der Waals surface area contributed by atoms with E-state index in [1.165, 1.54) is 6.07 Å². The van der Waals surface area contributed by atoms with E-state index < -0.39 is 5.54 Å². The van der Waals surface area contributed by atoms with E-state index in [-0.39, 0.29) is 31.2 Å². The first-order chi connectivity index (χ1) is 8.36. The summed E-state index contributed by atoms with van der Waals surface area (Å²) in [5.74, 6) is -0.418. The zero-order valence-electron chi connectivity index (χ0n) is 11.1. The van der Waals surface area contributed by atoms with Crippen molar-refractivity contribution in [3.05, 3.63) is 35.6 Å². The largest absolute Gasteiger partial charge is 0.394 e. The van der Waals surface area contributed by atoms with Gasteiger partial charge in [-0.15, -0.1) is 0 Å². The molecule has 0 aliphatic heterocycles. The maximum absolute atomic E-state index is 13.4. The maximum atomic E-state index is 13.4. The summed E-state index contributed by atoms with van der Waals surface area (Å²) in [7, 11) is 1.77. The molecule has 0 aromatic heterocycles. The van der Waals surface area contributed by atoms with Gasteiger partial charge < -0.3 is 5.11 Å². The summed E-state index contributed by atoms with van der Waals surface area (Å²) >= 11 is 0. The first-order valence-electron chi connectivity index (χ1n) is 5.94. The van der Waals surface area contributed by atoms with Crippen LogP contribution in [0.4, 0.5) is 4.39 Å². The number of carbonyl (C=O) groups excluding carboxylic acids is 1. The molecule has 0 fully saturated rings. The number of carbonyl (C=O) groups is 1. The van der Waals surface area contributed by atoms with E-state index in [9.17, 15) is 14.3 Å². The minimum absolute atomic E-state index is 0.0313. The Hall–Kier alpha value is -1.26. The third-order valence-corrected chi connectivity index (χ3v) is 3.18. The van der Waals surface area contributed by atoms with E-state index in [2.05, 4.69) is 0 Å². The summed E-state index contributed by atoms with van der Waals surface area (Å²) in [6.45, 7) is 3.87. The first kappa shape index (κ1) is 14.8. The van der Waals surface area contributed by atoms with Crippen LogP contribution in [0.1, 0.15) is 19.4 Å². The van der Waals surface area contributed by atoms with Crippen LogP contribution in [0, 0.1) is 5.82 Å². The van der Waals surface area contributed by atoms with Crippen LogP contribution in [0.25, 0.3) is 0 Å². The third kappa shape index (κ3) is 3.89. The van der Waals surface area contributed by atoms with Gasteiger partial charge in [0, 0.05) is 12.0 Å². The summed E-state index contributed by atoms with van der Waals surface area (Å²) in [6, 6.07) is 6.28. The molecule has 0 bridgehead atoms. The van der Waals surface area contributed by atoms with Crippen LogP contribution in [0.3, 0.4) is 0 Å². The molecule has 1 aromatic carbocycles. The molecule has 0 amide bonds. The smallest absolute Gasteiger partial charge is 0.151 e. The highest BCUT2D eigenvalue weighted by molar-refractivity contribution is 5.82. The number of hydrogen-bond donors (Lipinski definition) is 1. The number of hydrogen-bond acceptors (Lipinski definition) is 3. The Morgan fingerprint density at radius 2 is 2.00 bits per heavy atom. The van der Waals surface area contributed by atoms with Crippen LogP contribution in [0.5, 0.6) is 0 Å². The lowest BCUT2D eigenvalue weighted by atomic mass is 10.0. The average molecular weight is 253 g/mol. The standard InChI is InChI=1S/C14H20FNO2/c1-14(2,10-17)16(3)9-12(18)8-11-6-4-5-7-13(11)15/h4-7,17H,8-10H2,1-3H3. The van der Waals surface area contributed by atoms with E-state index in [0.717, 1.165) is 0 Å². The van der Waals surface area contributed by atoms with E-state index in [1.807, 2.05) is 13.8 Å². The Morgan fingerprint density at radius 1 is 1.39 bits per heavy atom. The number of nitrogens with zero attached hydrogens (tertiary/aromatic N) is 1. The Labute approximate surface area is 107 Å². The van der Waals surface area contributed by atoms with Crippen molar-refractivity contribution < 1.29 is 14.3 Å². The lowest BCUT2D eigenvalue weighted by Gasteiger charge is -2.33. The van der Waals surface area contributed by atoms with Gasteiger partial charge in [-0.2, -0.15) is 0 Å². The van der Waals surface area contributed by atoms with Gasteiger partial charge in [0.25, 0.3) is 0 Å². The lowest BCUT2D eigenvalue weighted by molar-refractivity contribution is -0.120. The zero-order valence-corrected chi connectivity index (χ0v) is 11.1. The number of Topliss-reactive ketones (excluding diaryl/α,β-unsaturated/α-hetero) is 1. The molecule has 0 atom stereocenters. The van der Waals surface area contributed by atoms with Crippen LogP contribution in [0.2, 0.25) is 0 Å². The molecule has 100 valence electrons. The van der Waals surface area contributed by atoms with Crippen molar-refractivity contribution in [1.82, 2.24) is 4.90 Å².